The largest absolute Gasteiger partial charge is 0.497 e. The zero-order valence-corrected chi connectivity index (χ0v) is 17.0. The third-order valence-corrected chi connectivity index (χ3v) is 5.15. The summed E-state index contributed by atoms with van der Waals surface area (Å²) >= 11 is 6.02. The summed E-state index contributed by atoms with van der Waals surface area (Å²) in [4.78, 5) is 29.4. The number of amides is 2. The minimum atomic E-state index is -0.483. The van der Waals surface area contributed by atoms with Gasteiger partial charge in [0.1, 0.15) is 11.6 Å². The number of carbonyl (C=O) groups excluding carboxylic acids is 1. The van der Waals surface area contributed by atoms with E-state index in [0.29, 0.717) is 23.4 Å². The first-order chi connectivity index (χ1) is 13.8. The topological polar surface area (TPSA) is 74.4 Å². The van der Waals surface area contributed by atoms with Crippen molar-refractivity contribution in [2.45, 2.75) is 19.9 Å². The van der Waals surface area contributed by atoms with Crippen LogP contribution >= 0.6 is 11.6 Å². The van der Waals surface area contributed by atoms with Crippen molar-refractivity contribution in [3.05, 3.63) is 69.4 Å². The van der Waals surface area contributed by atoms with Gasteiger partial charge in [-0.05, 0) is 55.1 Å². The number of hydrogen-bond acceptors (Lipinski definition) is 3. The van der Waals surface area contributed by atoms with Crippen LogP contribution in [-0.4, -0.2) is 29.6 Å². The summed E-state index contributed by atoms with van der Waals surface area (Å²) in [6.45, 7) is 4.12. The molecule has 0 spiro atoms. The van der Waals surface area contributed by atoms with Crippen molar-refractivity contribution in [2.24, 2.45) is 0 Å². The molecule has 0 saturated heterocycles. The maximum atomic E-state index is 13.2. The summed E-state index contributed by atoms with van der Waals surface area (Å²) < 4.78 is 18.5. The van der Waals surface area contributed by atoms with Gasteiger partial charge in [-0.25, -0.2) is 9.18 Å². The lowest BCUT2D eigenvalue weighted by Crippen LogP contribution is -2.37. The molecule has 8 heteroatoms. The van der Waals surface area contributed by atoms with Gasteiger partial charge < -0.3 is 19.9 Å². The van der Waals surface area contributed by atoms with Gasteiger partial charge in [0.05, 0.1) is 29.2 Å². The van der Waals surface area contributed by atoms with E-state index in [0.717, 1.165) is 17.0 Å². The Morgan fingerprint density at radius 2 is 2.03 bits per heavy atom. The predicted molar refractivity (Wildman–Crippen MR) is 112 cm³/mol. The number of nitrogens with zero attached hydrogens (tertiary/aromatic N) is 1. The smallest absolute Gasteiger partial charge is 0.322 e. The van der Waals surface area contributed by atoms with Crippen molar-refractivity contribution >= 4 is 34.1 Å². The van der Waals surface area contributed by atoms with Gasteiger partial charge in [0.2, 0.25) is 0 Å². The van der Waals surface area contributed by atoms with Crippen molar-refractivity contribution in [1.82, 2.24) is 9.88 Å². The number of methoxy groups -OCH3 is 1. The second kappa shape index (κ2) is 8.53. The minimum Gasteiger partial charge on any atom is -0.497 e. The number of aromatic amines is 1. The Balaban J connectivity index is 1.95. The molecule has 29 heavy (non-hydrogen) atoms. The second-order valence-corrected chi connectivity index (χ2v) is 6.91. The fourth-order valence-electron chi connectivity index (χ4n) is 3.27. The Morgan fingerprint density at radius 1 is 1.28 bits per heavy atom. The van der Waals surface area contributed by atoms with Crippen LogP contribution in [-0.2, 0) is 0 Å². The van der Waals surface area contributed by atoms with Gasteiger partial charge in [-0.1, -0.05) is 17.7 Å². The van der Waals surface area contributed by atoms with E-state index in [1.165, 1.54) is 19.2 Å². The number of urea groups is 1. The fraction of sp³-hybridized carbons (Fsp3) is 0.238. The van der Waals surface area contributed by atoms with E-state index >= 15 is 0 Å². The van der Waals surface area contributed by atoms with Crippen molar-refractivity contribution in [3.63, 3.8) is 0 Å². The molecule has 1 heterocycles. The maximum Gasteiger partial charge on any atom is 0.322 e. The Labute approximate surface area is 172 Å². The Bertz CT molecular complexity index is 1120. The number of hydrogen-bond donors (Lipinski definition) is 2. The molecule has 0 unspecified atom stereocenters. The maximum absolute atomic E-state index is 13.2. The molecule has 2 aromatic carbocycles. The molecule has 3 rings (SSSR count). The van der Waals surface area contributed by atoms with Gasteiger partial charge in [0.15, 0.2) is 0 Å². The van der Waals surface area contributed by atoms with E-state index < -0.39 is 5.82 Å². The first kappa shape index (κ1) is 20.7. The van der Waals surface area contributed by atoms with Gasteiger partial charge in [0.25, 0.3) is 5.56 Å². The number of aromatic nitrogens is 1. The number of rotatable bonds is 5. The highest BCUT2D eigenvalue weighted by atomic mass is 35.5. The van der Waals surface area contributed by atoms with Crippen molar-refractivity contribution in [2.75, 3.05) is 19.0 Å². The van der Waals surface area contributed by atoms with Crippen molar-refractivity contribution in [3.8, 4) is 5.75 Å². The molecular formula is C21H21ClFN3O3. The molecule has 152 valence electrons. The van der Waals surface area contributed by atoms with Gasteiger partial charge in [0, 0.05) is 12.7 Å². The SMILES string of the molecule is CCN(C(=O)Nc1ccc(F)cc1Cl)[C@@H](C)c1c[nH]c(=O)c2cc(OC)ccc12. The monoisotopic (exact) mass is 417 g/mol. The Morgan fingerprint density at radius 3 is 2.69 bits per heavy atom. The van der Waals surface area contributed by atoms with Gasteiger partial charge in [-0.15, -0.1) is 0 Å². The minimum absolute atomic E-state index is 0.114. The van der Waals surface area contributed by atoms with Crippen molar-refractivity contribution in [1.29, 1.82) is 0 Å². The van der Waals surface area contributed by atoms with E-state index in [4.69, 9.17) is 16.3 Å². The van der Waals surface area contributed by atoms with Crippen LogP contribution in [0.5, 0.6) is 5.75 Å². The van der Waals surface area contributed by atoms with Crippen LogP contribution in [0.3, 0.4) is 0 Å². The second-order valence-electron chi connectivity index (χ2n) is 6.50. The highest BCUT2D eigenvalue weighted by Gasteiger charge is 2.23. The van der Waals surface area contributed by atoms with Crippen LogP contribution in [0.2, 0.25) is 5.02 Å². The normalized spacial score (nSPS) is 11.9. The molecular weight excluding hydrogens is 397 g/mol. The van der Waals surface area contributed by atoms with Gasteiger partial charge in [-0.3, -0.25) is 4.79 Å². The molecule has 3 aromatic rings. The third kappa shape index (κ3) is 4.19. The summed E-state index contributed by atoms with van der Waals surface area (Å²) in [5.41, 5.74) is 0.865. The van der Waals surface area contributed by atoms with Crippen molar-refractivity contribution < 1.29 is 13.9 Å². The lowest BCUT2D eigenvalue weighted by molar-refractivity contribution is 0.197. The van der Waals surface area contributed by atoms with Gasteiger partial charge >= 0.3 is 6.03 Å². The van der Waals surface area contributed by atoms with Crippen LogP contribution in [0.15, 0.2) is 47.4 Å². The third-order valence-electron chi connectivity index (χ3n) is 4.83. The molecule has 0 bridgehead atoms. The number of fused-ring (bicyclic) bond motifs is 1. The number of benzene rings is 2. The molecule has 0 fully saturated rings. The molecule has 0 aliphatic heterocycles. The van der Waals surface area contributed by atoms with E-state index in [1.54, 1.807) is 29.3 Å². The number of ether oxygens (including phenoxy) is 1. The van der Waals surface area contributed by atoms with Crippen LogP contribution in [0.4, 0.5) is 14.9 Å². The molecule has 0 aliphatic rings. The van der Waals surface area contributed by atoms with E-state index in [9.17, 15) is 14.0 Å². The molecule has 0 radical (unpaired) electrons. The highest BCUT2D eigenvalue weighted by Crippen LogP contribution is 2.29. The van der Waals surface area contributed by atoms with Crippen LogP contribution < -0.4 is 15.6 Å². The van der Waals surface area contributed by atoms with E-state index in [1.807, 2.05) is 13.8 Å². The number of nitrogens with one attached hydrogen (secondary N) is 2. The summed E-state index contributed by atoms with van der Waals surface area (Å²) in [5, 5.41) is 4.04. The number of halogens is 2. The first-order valence-corrected chi connectivity index (χ1v) is 9.45. The molecule has 6 nitrogen and oxygen atoms in total. The number of pyridine rings is 1. The Hall–Kier alpha value is -3.06. The quantitative estimate of drug-likeness (QED) is 0.617. The first-order valence-electron chi connectivity index (χ1n) is 9.07. The summed E-state index contributed by atoms with van der Waals surface area (Å²) in [6, 6.07) is 8.27. The van der Waals surface area contributed by atoms with E-state index in [-0.39, 0.29) is 22.7 Å². The average molecular weight is 418 g/mol. The number of H-pyrrole nitrogens is 1. The Kier molecular flexibility index (Phi) is 6.08. The molecule has 1 atom stereocenters. The van der Waals surface area contributed by atoms with Crippen LogP contribution in [0.25, 0.3) is 10.8 Å². The molecule has 2 amide bonds. The molecule has 2 N–H and O–H groups in total. The zero-order chi connectivity index (χ0) is 21.1. The molecule has 0 saturated carbocycles. The molecule has 0 aliphatic carbocycles. The lowest BCUT2D eigenvalue weighted by atomic mass is 10.0. The average Bonchev–Trinajstić information content (AvgIpc) is 2.70. The number of anilines is 1. The molecule has 1 aromatic heterocycles. The summed E-state index contributed by atoms with van der Waals surface area (Å²) in [7, 11) is 1.53. The fourth-order valence-corrected chi connectivity index (χ4v) is 3.49. The summed E-state index contributed by atoms with van der Waals surface area (Å²) in [5.74, 6) is 0.0905. The predicted octanol–water partition coefficient (Wildman–Crippen LogP) is 4.94. The lowest BCUT2D eigenvalue weighted by Gasteiger charge is -2.29. The zero-order valence-electron chi connectivity index (χ0n) is 16.3. The number of carbonyl (C=O) groups is 1. The standard InChI is InChI=1S/C21H21ClFN3O3/c1-4-26(21(28)25-19-8-5-13(23)9-18(19)22)12(2)17-11-24-20(27)16-10-14(29-3)6-7-15(16)17/h5-12H,4H2,1-3H3,(H,24,27)(H,25,28)/t12-/m0/s1. The van der Waals surface area contributed by atoms with Gasteiger partial charge in [-0.2, -0.15) is 0 Å². The summed E-state index contributed by atoms with van der Waals surface area (Å²) in [6.07, 6.45) is 1.61. The van der Waals surface area contributed by atoms with E-state index in [2.05, 4.69) is 10.3 Å². The van der Waals surface area contributed by atoms with Crippen LogP contribution in [0.1, 0.15) is 25.5 Å². The van der Waals surface area contributed by atoms with Crippen LogP contribution in [0, 0.1) is 5.82 Å². The highest BCUT2D eigenvalue weighted by molar-refractivity contribution is 6.33.